The molecule has 0 amide bonds. The molecule has 0 saturated heterocycles. The fourth-order valence-electron chi connectivity index (χ4n) is 0.124. The van der Waals surface area contributed by atoms with E-state index in [1.165, 1.54) is 0 Å². The molecule has 2 unspecified atom stereocenters. The van der Waals surface area contributed by atoms with Gasteiger partial charge >= 0.3 is 6.18 Å². The first-order valence-corrected chi connectivity index (χ1v) is 4.01. The molecule has 0 aliphatic rings. The predicted molar refractivity (Wildman–Crippen MR) is 37.4 cm³/mol. The summed E-state index contributed by atoms with van der Waals surface area (Å²) in [5.74, 6) is 0. The maximum absolute atomic E-state index is 12.0. The first-order valence-electron chi connectivity index (χ1n) is 1.92. The smallest absolute Gasteiger partial charge is 0.232 e. The molecule has 0 bridgehead atoms. The molecule has 2 atom stereocenters. The minimum atomic E-state index is -4.82. The second-order valence-corrected chi connectivity index (χ2v) is 4.53. The molecule has 0 spiro atoms. The van der Waals surface area contributed by atoms with Crippen LogP contribution >= 0.6 is 43.5 Å². The van der Waals surface area contributed by atoms with E-state index < -0.39 is 15.0 Å². The standard InChI is InChI=1S/C3HBr2ClF4/c4-1(7)2(5,6)3(8,9)10/h1H. The highest BCUT2D eigenvalue weighted by Crippen LogP contribution is 2.47. The summed E-state index contributed by atoms with van der Waals surface area (Å²) in [6.45, 7) is 0. The van der Waals surface area contributed by atoms with Crippen LogP contribution in [0.3, 0.4) is 0 Å². The molecule has 0 radical (unpaired) electrons. The Kier molecular flexibility index (Phi) is 3.45. The third-order valence-corrected chi connectivity index (χ3v) is 3.47. The molecule has 0 saturated carbocycles. The van der Waals surface area contributed by atoms with Crippen molar-refractivity contribution in [2.45, 2.75) is 15.0 Å². The quantitative estimate of drug-likeness (QED) is 0.513. The van der Waals surface area contributed by atoms with Gasteiger partial charge in [-0.1, -0.05) is 27.5 Å². The van der Waals surface area contributed by atoms with Crippen molar-refractivity contribution in [1.82, 2.24) is 0 Å². The minimum Gasteiger partial charge on any atom is -0.232 e. The van der Waals surface area contributed by atoms with Gasteiger partial charge in [0.2, 0.25) is 3.78 Å². The molecule has 0 nitrogen and oxygen atoms in total. The van der Waals surface area contributed by atoms with Crippen molar-refractivity contribution in [3.63, 3.8) is 0 Å². The van der Waals surface area contributed by atoms with Crippen LogP contribution in [0, 0.1) is 0 Å². The van der Waals surface area contributed by atoms with Gasteiger partial charge in [-0.15, -0.1) is 0 Å². The van der Waals surface area contributed by atoms with E-state index in [-0.39, 0.29) is 0 Å². The lowest BCUT2D eigenvalue weighted by molar-refractivity contribution is -0.142. The van der Waals surface area contributed by atoms with Crippen LogP contribution in [0.15, 0.2) is 0 Å². The molecule has 0 aliphatic heterocycles. The van der Waals surface area contributed by atoms with Gasteiger partial charge in [0, 0.05) is 0 Å². The van der Waals surface area contributed by atoms with Crippen LogP contribution in [0.25, 0.3) is 0 Å². The van der Waals surface area contributed by atoms with Crippen LogP contribution < -0.4 is 0 Å². The van der Waals surface area contributed by atoms with E-state index in [1.54, 1.807) is 0 Å². The summed E-state index contributed by atoms with van der Waals surface area (Å²) < 4.78 is 43.9. The van der Waals surface area contributed by atoms with E-state index in [9.17, 15) is 17.6 Å². The molecule has 7 heteroatoms. The number of rotatable bonds is 1. The molecule has 0 fully saturated rings. The second kappa shape index (κ2) is 3.15. The van der Waals surface area contributed by atoms with Crippen molar-refractivity contribution in [1.29, 1.82) is 0 Å². The molecular weight excluding hydrogens is 307 g/mol. The Morgan fingerprint density at radius 2 is 1.60 bits per heavy atom. The lowest BCUT2D eigenvalue weighted by atomic mass is 10.4. The zero-order chi connectivity index (χ0) is 8.58. The minimum absolute atomic E-state index is 1.99. The van der Waals surface area contributed by atoms with E-state index in [0.717, 1.165) is 0 Å². The van der Waals surface area contributed by atoms with Gasteiger partial charge < -0.3 is 0 Å². The lowest BCUT2D eigenvalue weighted by Gasteiger charge is -2.22. The maximum atomic E-state index is 12.0. The fourth-order valence-corrected chi connectivity index (χ4v) is 0.383. The van der Waals surface area contributed by atoms with Gasteiger partial charge in [0.25, 0.3) is 0 Å². The van der Waals surface area contributed by atoms with Gasteiger partial charge in [-0.2, -0.15) is 13.2 Å². The van der Waals surface area contributed by atoms with Gasteiger partial charge in [0.1, 0.15) is 0 Å². The Morgan fingerprint density at radius 3 is 1.60 bits per heavy atom. The van der Waals surface area contributed by atoms with Gasteiger partial charge in [-0.05, 0) is 15.9 Å². The average Bonchev–Trinajstić information content (AvgIpc) is 1.62. The third-order valence-electron chi connectivity index (χ3n) is 0.652. The zero-order valence-corrected chi connectivity index (χ0v) is 8.15. The van der Waals surface area contributed by atoms with Crippen molar-refractivity contribution in [2.24, 2.45) is 0 Å². The van der Waals surface area contributed by atoms with Gasteiger partial charge in [-0.25, -0.2) is 4.39 Å². The van der Waals surface area contributed by atoms with Gasteiger partial charge in [0.05, 0.1) is 0 Å². The molecule has 0 aromatic rings. The summed E-state index contributed by atoms with van der Waals surface area (Å²) in [5, 5.41) is -2.37. The van der Waals surface area contributed by atoms with Crippen molar-refractivity contribution in [3.05, 3.63) is 0 Å². The van der Waals surface area contributed by atoms with Gasteiger partial charge in [0.15, 0.2) is 5.08 Å². The lowest BCUT2D eigenvalue weighted by Crippen LogP contribution is -2.39. The first kappa shape index (κ1) is 11.0. The van der Waals surface area contributed by atoms with Crippen molar-refractivity contribution < 1.29 is 17.6 Å². The van der Waals surface area contributed by atoms with Gasteiger partial charge in [-0.3, -0.25) is 0 Å². The van der Waals surface area contributed by atoms with E-state index in [0.29, 0.717) is 0 Å². The van der Waals surface area contributed by atoms with Crippen molar-refractivity contribution >= 4 is 43.5 Å². The van der Waals surface area contributed by atoms with E-state index in [4.69, 9.17) is 11.6 Å². The highest BCUT2D eigenvalue weighted by atomic mass is 79.9. The highest BCUT2D eigenvalue weighted by Gasteiger charge is 2.57. The summed E-state index contributed by atoms with van der Waals surface area (Å²) in [4.78, 5) is 0. The van der Waals surface area contributed by atoms with Crippen LogP contribution in [0.2, 0.25) is 0 Å². The monoisotopic (exact) mass is 306 g/mol. The molecule has 0 aromatic heterocycles. The molecule has 10 heavy (non-hydrogen) atoms. The second-order valence-electron chi connectivity index (χ2n) is 1.42. The Hall–Kier alpha value is 0.970. The van der Waals surface area contributed by atoms with Crippen LogP contribution in [0.1, 0.15) is 0 Å². The summed E-state index contributed by atoms with van der Waals surface area (Å²) in [5.41, 5.74) is 0. The largest absolute Gasteiger partial charge is 0.421 e. The Morgan fingerprint density at radius 1 is 1.30 bits per heavy atom. The summed E-state index contributed by atoms with van der Waals surface area (Å²) in [6, 6.07) is 0. The molecule has 62 valence electrons. The fraction of sp³-hybridized carbons (Fsp3) is 1.00. The summed E-state index contributed by atoms with van der Waals surface area (Å²) in [7, 11) is 0. The zero-order valence-electron chi connectivity index (χ0n) is 4.22. The molecule has 0 rings (SSSR count). The summed E-state index contributed by atoms with van der Waals surface area (Å²) in [6.07, 6.45) is -4.82. The maximum Gasteiger partial charge on any atom is 0.421 e. The Labute approximate surface area is 76.2 Å². The van der Waals surface area contributed by atoms with E-state index in [1.807, 2.05) is 15.9 Å². The predicted octanol–water partition coefficient (Wildman–Crippen LogP) is 3.57. The number of hydrogen-bond donors (Lipinski definition) is 0. The highest BCUT2D eigenvalue weighted by molar-refractivity contribution is 9.13. The SMILES string of the molecule is FC(Br)C(Cl)(Br)C(F)(F)F. The van der Waals surface area contributed by atoms with Crippen LogP contribution in [0.4, 0.5) is 17.6 Å². The molecule has 0 N–H and O–H groups in total. The Bertz CT molecular complexity index is 120. The first-order chi connectivity index (χ1) is 4.19. The number of halogens is 7. The van der Waals surface area contributed by atoms with Crippen molar-refractivity contribution in [3.8, 4) is 0 Å². The molecular formula is C3HBr2ClF4. The van der Waals surface area contributed by atoms with Crippen LogP contribution in [-0.4, -0.2) is 15.0 Å². The number of alkyl halides is 7. The Balaban J connectivity index is 4.40. The van der Waals surface area contributed by atoms with Crippen LogP contribution in [0.5, 0.6) is 0 Å². The number of hydrogen-bond acceptors (Lipinski definition) is 0. The molecule has 0 heterocycles. The van der Waals surface area contributed by atoms with Crippen LogP contribution in [-0.2, 0) is 0 Å². The molecule has 0 aromatic carbocycles. The van der Waals surface area contributed by atoms with E-state index >= 15 is 0 Å². The van der Waals surface area contributed by atoms with E-state index in [2.05, 4.69) is 15.9 Å². The molecule has 0 aliphatic carbocycles. The third kappa shape index (κ3) is 2.23. The normalized spacial score (nSPS) is 21.9. The average molecular weight is 308 g/mol. The summed E-state index contributed by atoms with van der Waals surface area (Å²) >= 11 is 8.77. The van der Waals surface area contributed by atoms with Crippen molar-refractivity contribution in [2.75, 3.05) is 0 Å². The topological polar surface area (TPSA) is 0 Å².